The number of hydrogen-bond acceptors (Lipinski definition) is 3. The molecule has 4 heteroatoms. The van der Waals surface area contributed by atoms with E-state index in [0.717, 1.165) is 0 Å². The van der Waals surface area contributed by atoms with E-state index in [1.165, 1.54) is 0 Å². The van der Waals surface area contributed by atoms with Crippen molar-refractivity contribution in [3.8, 4) is 0 Å². The molecule has 0 aromatic carbocycles. The van der Waals surface area contributed by atoms with Crippen LogP contribution in [-0.2, 0) is 9.31 Å². The molecule has 14 heavy (non-hydrogen) atoms. The van der Waals surface area contributed by atoms with Crippen LogP contribution in [0.3, 0.4) is 0 Å². The third kappa shape index (κ3) is 2.38. The minimum atomic E-state index is -0.464. The summed E-state index contributed by atoms with van der Waals surface area (Å²) in [5, 5.41) is 9.07. The number of aliphatic hydroxyl groups is 1. The summed E-state index contributed by atoms with van der Waals surface area (Å²) in [4.78, 5) is 0. The molecule has 0 saturated carbocycles. The Morgan fingerprint density at radius 2 is 1.57 bits per heavy atom. The second kappa shape index (κ2) is 3.68. The quantitative estimate of drug-likeness (QED) is 0.684. The summed E-state index contributed by atoms with van der Waals surface area (Å²) in [5.74, 6) is 1.75. The van der Waals surface area contributed by atoms with Crippen molar-refractivity contribution >= 4 is 7.12 Å². The second-order valence-electron chi connectivity index (χ2n) is 4.75. The number of rotatable bonds is 2. The van der Waals surface area contributed by atoms with Gasteiger partial charge in [-0.25, -0.2) is 0 Å². The molecular weight excluding hydrogens is 179 g/mol. The van der Waals surface area contributed by atoms with Crippen LogP contribution >= 0.6 is 0 Å². The minimum Gasteiger partial charge on any atom is -0.400 e. The number of aliphatic hydroxyl groups excluding tert-OH is 1. The van der Waals surface area contributed by atoms with E-state index >= 15 is 0 Å². The molecule has 1 aliphatic rings. The molecule has 3 nitrogen and oxygen atoms in total. The van der Waals surface area contributed by atoms with Gasteiger partial charge in [-0.15, -0.1) is 0 Å². The molecule has 0 radical (unpaired) electrons. The Hall–Kier alpha value is -0.315. The zero-order valence-electron chi connectivity index (χ0n) is 9.57. The Morgan fingerprint density at radius 1 is 1.14 bits per heavy atom. The minimum absolute atomic E-state index is 0.305. The zero-order chi connectivity index (χ0) is 11.0. The average Bonchev–Trinajstić information content (AvgIpc) is 2.17. The first-order valence-electron chi connectivity index (χ1n) is 4.97. The molecule has 1 atom stereocenters. The lowest BCUT2D eigenvalue weighted by molar-refractivity contribution is 0.00578. The first-order chi connectivity index (χ1) is 6.24. The first kappa shape index (κ1) is 11.8. The zero-order valence-corrected chi connectivity index (χ0v) is 9.57. The summed E-state index contributed by atoms with van der Waals surface area (Å²) >= 11 is 0. The Kier molecular flexibility index (Phi) is 3.09. The molecule has 0 aromatic rings. The van der Waals surface area contributed by atoms with Crippen molar-refractivity contribution < 1.29 is 14.4 Å². The lowest BCUT2D eigenvalue weighted by Crippen LogP contribution is -2.41. The molecule has 0 aromatic heterocycles. The Morgan fingerprint density at radius 3 is 1.93 bits per heavy atom. The summed E-state index contributed by atoms with van der Waals surface area (Å²) in [6.45, 7) is 9.71. The maximum absolute atomic E-state index is 9.07. The van der Waals surface area contributed by atoms with E-state index in [9.17, 15) is 0 Å². The predicted octanol–water partition coefficient (Wildman–Crippen LogP) is 1.55. The van der Waals surface area contributed by atoms with Gasteiger partial charge in [-0.05, 0) is 34.6 Å². The number of hydrogen-bond donors (Lipinski definition) is 1. The van der Waals surface area contributed by atoms with Crippen LogP contribution in [0.15, 0.2) is 12.1 Å². The van der Waals surface area contributed by atoms with Crippen molar-refractivity contribution in [2.75, 3.05) is 0 Å². The van der Waals surface area contributed by atoms with Crippen LogP contribution in [0.1, 0.15) is 34.6 Å². The van der Waals surface area contributed by atoms with Crippen molar-refractivity contribution in [2.45, 2.75) is 51.9 Å². The van der Waals surface area contributed by atoms with Crippen LogP contribution < -0.4 is 0 Å². The Balaban J connectivity index is 2.64. The molecule has 80 valence electrons. The molecule has 0 aliphatic carbocycles. The Bertz CT molecular complexity index is 218. The first-order valence-corrected chi connectivity index (χ1v) is 4.97. The van der Waals surface area contributed by atoms with E-state index in [-0.39, 0.29) is 18.3 Å². The highest BCUT2D eigenvalue weighted by atomic mass is 16.7. The SMILES string of the molecule is C[C@H](O)C=CB1OC(C)(C)C(C)(C)O1. The van der Waals surface area contributed by atoms with E-state index in [4.69, 9.17) is 14.4 Å². The molecular formula is C10H19BO3. The maximum Gasteiger partial charge on any atom is 0.486 e. The lowest BCUT2D eigenvalue weighted by Gasteiger charge is -2.32. The van der Waals surface area contributed by atoms with E-state index in [1.54, 1.807) is 19.0 Å². The monoisotopic (exact) mass is 198 g/mol. The van der Waals surface area contributed by atoms with Crippen LogP contribution in [0.4, 0.5) is 0 Å². The van der Waals surface area contributed by atoms with Gasteiger partial charge >= 0.3 is 7.12 Å². The third-order valence-corrected chi connectivity index (χ3v) is 2.82. The lowest BCUT2D eigenvalue weighted by atomic mass is 9.89. The van der Waals surface area contributed by atoms with Crippen molar-refractivity contribution in [1.29, 1.82) is 0 Å². The van der Waals surface area contributed by atoms with Gasteiger partial charge in [0.05, 0.1) is 17.3 Å². The molecule has 0 amide bonds. The summed E-state index contributed by atoms with van der Waals surface area (Å²) in [7, 11) is -0.352. The Labute approximate surface area is 86.2 Å². The van der Waals surface area contributed by atoms with Crippen LogP contribution in [0.5, 0.6) is 0 Å². The van der Waals surface area contributed by atoms with Gasteiger partial charge in [0.25, 0.3) is 0 Å². The van der Waals surface area contributed by atoms with Crippen LogP contribution in [0.25, 0.3) is 0 Å². The van der Waals surface area contributed by atoms with Gasteiger partial charge in [0.2, 0.25) is 0 Å². The van der Waals surface area contributed by atoms with Gasteiger partial charge < -0.3 is 14.4 Å². The van der Waals surface area contributed by atoms with E-state index < -0.39 is 6.10 Å². The van der Waals surface area contributed by atoms with Crippen molar-refractivity contribution in [1.82, 2.24) is 0 Å². The van der Waals surface area contributed by atoms with Gasteiger partial charge in [0, 0.05) is 0 Å². The summed E-state index contributed by atoms with van der Waals surface area (Å²) in [6.07, 6.45) is 1.20. The van der Waals surface area contributed by atoms with Crippen LogP contribution in [0.2, 0.25) is 0 Å². The summed E-state index contributed by atoms with van der Waals surface area (Å²) in [6, 6.07) is 0. The highest BCUT2D eigenvalue weighted by molar-refractivity contribution is 6.51. The fourth-order valence-electron chi connectivity index (χ4n) is 1.22. The smallest absolute Gasteiger partial charge is 0.400 e. The topological polar surface area (TPSA) is 38.7 Å². The highest BCUT2D eigenvalue weighted by Crippen LogP contribution is 2.36. The predicted molar refractivity (Wildman–Crippen MR) is 56.9 cm³/mol. The van der Waals surface area contributed by atoms with E-state index in [2.05, 4.69) is 0 Å². The van der Waals surface area contributed by atoms with Crippen LogP contribution in [-0.4, -0.2) is 29.5 Å². The van der Waals surface area contributed by atoms with Gasteiger partial charge in [-0.2, -0.15) is 0 Å². The molecule has 1 rings (SSSR count). The molecule has 1 N–H and O–H groups in total. The molecule has 1 heterocycles. The van der Waals surface area contributed by atoms with Crippen molar-refractivity contribution in [2.24, 2.45) is 0 Å². The molecule has 1 saturated heterocycles. The second-order valence-corrected chi connectivity index (χ2v) is 4.75. The molecule has 1 aliphatic heterocycles. The highest BCUT2D eigenvalue weighted by Gasteiger charge is 2.49. The van der Waals surface area contributed by atoms with E-state index in [0.29, 0.717) is 0 Å². The van der Waals surface area contributed by atoms with Crippen molar-refractivity contribution in [3.63, 3.8) is 0 Å². The largest absolute Gasteiger partial charge is 0.486 e. The summed E-state index contributed by atoms with van der Waals surface area (Å²) < 4.78 is 11.4. The van der Waals surface area contributed by atoms with Gasteiger partial charge in [0.15, 0.2) is 0 Å². The summed E-state index contributed by atoms with van der Waals surface area (Å²) in [5.41, 5.74) is -0.610. The normalized spacial score (nSPS) is 27.1. The third-order valence-electron chi connectivity index (χ3n) is 2.82. The molecule has 0 bridgehead atoms. The van der Waals surface area contributed by atoms with Crippen LogP contribution in [0, 0.1) is 0 Å². The maximum atomic E-state index is 9.07. The molecule has 1 fully saturated rings. The average molecular weight is 198 g/mol. The van der Waals surface area contributed by atoms with E-state index in [1.807, 2.05) is 27.7 Å². The fourth-order valence-corrected chi connectivity index (χ4v) is 1.22. The fraction of sp³-hybridized carbons (Fsp3) is 0.800. The van der Waals surface area contributed by atoms with Gasteiger partial charge in [-0.1, -0.05) is 12.1 Å². The van der Waals surface area contributed by atoms with Crippen molar-refractivity contribution in [3.05, 3.63) is 12.1 Å². The van der Waals surface area contributed by atoms with Gasteiger partial charge in [0.1, 0.15) is 0 Å². The molecule has 0 spiro atoms. The standard InChI is InChI=1S/C10H19BO3/c1-8(12)6-7-11-13-9(2,3)10(4,5)14-11/h6-8,12H,1-5H3/t8-/m0/s1. The molecule has 0 unspecified atom stereocenters. The van der Waals surface area contributed by atoms with Gasteiger partial charge in [-0.3, -0.25) is 0 Å².